The first-order valence-electron chi connectivity index (χ1n) is 5.05. The number of carbonyl (C=O) groups excluding carboxylic acids is 1. The largest absolute Gasteiger partial charge is 0.452 e. The van der Waals surface area contributed by atoms with E-state index in [2.05, 4.69) is 0 Å². The Bertz CT molecular complexity index is 564. The zero-order valence-corrected chi connectivity index (χ0v) is 10.1. The van der Waals surface area contributed by atoms with Gasteiger partial charge in [0.15, 0.2) is 0 Å². The van der Waals surface area contributed by atoms with Crippen LogP contribution in [0.2, 0.25) is 5.22 Å². The molecule has 0 radical (unpaired) electrons. The molecule has 4 heteroatoms. The molecule has 1 aromatic heterocycles. The van der Waals surface area contributed by atoms with E-state index in [-0.39, 0.29) is 16.3 Å². The lowest BCUT2D eigenvalue weighted by Gasteiger charge is -2.06. The molecule has 0 aliphatic heterocycles. The summed E-state index contributed by atoms with van der Waals surface area (Å²) in [5.41, 5.74) is 1.58. The molecule has 2 aromatic rings. The van der Waals surface area contributed by atoms with Crippen LogP contribution in [0.1, 0.15) is 27.0 Å². The fraction of sp³-hybridized carbons (Fsp3) is 0.154. The van der Waals surface area contributed by atoms with Crippen LogP contribution < -0.4 is 0 Å². The van der Waals surface area contributed by atoms with Crippen LogP contribution in [0.25, 0.3) is 0 Å². The SMILES string of the molecule is Cc1cc(C)c(C(=O)c2ccoc2Cl)c(F)c1. The second-order valence-corrected chi connectivity index (χ2v) is 4.22. The number of rotatable bonds is 2. The highest BCUT2D eigenvalue weighted by Crippen LogP contribution is 2.24. The van der Waals surface area contributed by atoms with E-state index in [1.54, 1.807) is 19.9 Å². The maximum atomic E-state index is 13.8. The predicted molar refractivity (Wildman–Crippen MR) is 63.0 cm³/mol. The van der Waals surface area contributed by atoms with E-state index in [9.17, 15) is 9.18 Å². The molecular formula is C13H10ClFO2. The highest BCUT2D eigenvalue weighted by Gasteiger charge is 2.20. The molecule has 0 atom stereocenters. The Hall–Kier alpha value is -1.61. The molecule has 17 heavy (non-hydrogen) atoms. The standard InChI is InChI=1S/C13H10ClFO2/c1-7-5-8(2)11(10(15)6-7)12(16)9-3-4-17-13(9)14/h3-6H,1-2H3. The summed E-state index contributed by atoms with van der Waals surface area (Å²) in [6.07, 6.45) is 1.30. The zero-order valence-electron chi connectivity index (χ0n) is 9.38. The quantitative estimate of drug-likeness (QED) is 0.759. The Morgan fingerprint density at radius 2 is 2.06 bits per heavy atom. The van der Waals surface area contributed by atoms with E-state index in [4.69, 9.17) is 16.0 Å². The van der Waals surface area contributed by atoms with Crippen LogP contribution in [0.5, 0.6) is 0 Å². The molecule has 0 bridgehead atoms. The second-order valence-electron chi connectivity index (χ2n) is 3.88. The predicted octanol–water partition coefficient (Wildman–Crippen LogP) is 3.92. The summed E-state index contributed by atoms with van der Waals surface area (Å²) in [6.45, 7) is 3.46. The average Bonchev–Trinajstić information content (AvgIpc) is 2.62. The summed E-state index contributed by atoms with van der Waals surface area (Å²) in [5, 5.41) is -0.0191. The van der Waals surface area contributed by atoms with Gasteiger partial charge < -0.3 is 4.42 Å². The van der Waals surface area contributed by atoms with E-state index in [1.807, 2.05) is 0 Å². The van der Waals surface area contributed by atoms with Crippen LogP contribution in [-0.4, -0.2) is 5.78 Å². The number of benzene rings is 1. The second kappa shape index (κ2) is 4.34. The molecule has 0 N–H and O–H groups in total. The Morgan fingerprint density at radius 3 is 2.59 bits per heavy atom. The molecular weight excluding hydrogens is 243 g/mol. The van der Waals surface area contributed by atoms with Crippen LogP contribution in [0.4, 0.5) is 4.39 Å². The first-order valence-corrected chi connectivity index (χ1v) is 5.43. The van der Waals surface area contributed by atoms with Gasteiger partial charge in [-0.05, 0) is 48.7 Å². The highest BCUT2D eigenvalue weighted by atomic mass is 35.5. The van der Waals surface area contributed by atoms with Crippen molar-refractivity contribution in [3.63, 3.8) is 0 Å². The van der Waals surface area contributed by atoms with Crippen LogP contribution in [-0.2, 0) is 0 Å². The molecule has 0 spiro atoms. The van der Waals surface area contributed by atoms with Gasteiger partial charge >= 0.3 is 0 Å². The number of hydrogen-bond acceptors (Lipinski definition) is 2. The van der Waals surface area contributed by atoms with Crippen LogP contribution in [0.15, 0.2) is 28.9 Å². The summed E-state index contributed by atoms with van der Waals surface area (Å²) in [7, 11) is 0. The van der Waals surface area contributed by atoms with Crippen molar-refractivity contribution in [1.29, 1.82) is 0 Å². The van der Waals surface area contributed by atoms with Crippen molar-refractivity contribution in [1.82, 2.24) is 0 Å². The summed E-state index contributed by atoms with van der Waals surface area (Å²) in [6, 6.07) is 4.52. The van der Waals surface area contributed by atoms with E-state index in [0.717, 1.165) is 5.56 Å². The van der Waals surface area contributed by atoms with E-state index >= 15 is 0 Å². The fourth-order valence-corrected chi connectivity index (χ4v) is 1.99. The maximum Gasteiger partial charge on any atom is 0.204 e. The highest BCUT2D eigenvalue weighted by molar-refractivity contribution is 6.33. The molecule has 0 saturated carbocycles. The molecule has 0 amide bonds. The Balaban J connectivity index is 2.56. The fourth-order valence-electron chi connectivity index (χ4n) is 1.79. The van der Waals surface area contributed by atoms with Gasteiger partial charge in [0.1, 0.15) is 5.82 Å². The minimum atomic E-state index is -0.537. The van der Waals surface area contributed by atoms with Gasteiger partial charge in [-0.15, -0.1) is 0 Å². The summed E-state index contributed by atoms with van der Waals surface area (Å²) < 4.78 is 18.6. The van der Waals surface area contributed by atoms with Crippen molar-refractivity contribution in [2.24, 2.45) is 0 Å². The lowest BCUT2D eigenvalue weighted by Crippen LogP contribution is -2.07. The number of halogens is 2. The van der Waals surface area contributed by atoms with Gasteiger partial charge in [-0.3, -0.25) is 4.79 Å². The van der Waals surface area contributed by atoms with E-state index in [1.165, 1.54) is 18.4 Å². The third kappa shape index (κ3) is 2.11. The smallest absolute Gasteiger partial charge is 0.204 e. The Labute approximate surface area is 103 Å². The molecule has 0 fully saturated rings. The van der Waals surface area contributed by atoms with Crippen LogP contribution in [0, 0.1) is 19.7 Å². The van der Waals surface area contributed by atoms with Crippen molar-refractivity contribution >= 4 is 17.4 Å². The molecule has 0 aliphatic carbocycles. The molecule has 2 nitrogen and oxygen atoms in total. The molecule has 1 aromatic carbocycles. The van der Waals surface area contributed by atoms with Gasteiger partial charge in [-0.1, -0.05) is 6.07 Å². The summed E-state index contributed by atoms with van der Waals surface area (Å²) >= 11 is 5.71. The third-order valence-electron chi connectivity index (χ3n) is 2.52. The molecule has 2 rings (SSSR count). The molecule has 88 valence electrons. The van der Waals surface area contributed by atoms with Gasteiger partial charge in [-0.2, -0.15) is 0 Å². The zero-order chi connectivity index (χ0) is 12.6. The summed E-state index contributed by atoms with van der Waals surface area (Å²) in [4.78, 5) is 12.1. The summed E-state index contributed by atoms with van der Waals surface area (Å²) in [5.74, 6) is -0.997. The van der Waals surface area contributed by atoms with Crippen molar-refractivity contribution < 1.29 is 13.6 Å². The van der Waals surface area contributed by atoms with Crippen LogP contribution >= 0.6 is 11.6 Å². The van der Waals surface area contributed by atoms with Gasteiger partial charge in [0.2, 0.25) is 11.0 Å². The van der Waals surface area contributed by atoms with E-state index in [0.29, 0.717) is 5.56 Å². The topological polar surface area (TPSA) is 30.2 Å². The first-order chi connectivity index (χ1) is 8.00. The molecule has 0 aliphatic rings. The average molecular weight is 253 g/mol. The van der Waals surface area contributed by atoms with Crippen molar-refractivity contribution in [3.05, 3.63) is 57.8 Å². The van der Waals surface area contributed by atoms with Crippen molar-refractivity contribution in [2.75, 3.05) is 0 Å². The third-order valence-corrected chi connectivity index (χ3v) is 2.81. The number of carbonyl (C=O) groups is 1. The molecule has 0 saturated heterocycles. The van der Waals surface area contributed by atoms with Gasteiger partial charge in [0, 0.05) is 0 Å². The van der Waals surface area contributed by atoms with Crippen molar-refractivity contribution in [2.45, 2.75) is 13.8 Å². The van der Waals surface area contributed by atoms with Gasteiger partial charge in [0.25, 0.3) is 0 Å². The number of aryl methyl sites for hydroxylation is 2. The Morgan fingerprint density at radius 1 is 1.35 bits per heavy atom. The Kier molecular flexibility index (Phi) is 3.03. The van der Waals surface area contributed by atoms with Gasteiger partial charge in [0.05, 0.1) is 17.4 Å². The van der Waals surface area contributed by atoms with Crippen molar-refractivity contribution in [3.8, 4) is 0 Å². The van der Waals surface area contributed by atoms with Crippen LogP contribution in [0.3, 0.4) is 0 Å². The minimum Gasteiger partial charge on any atom is -0.452 e. The molecule has 0 unspecified atom stereocenters. The lowest BCUT2D eigenvalue weighted by molar-refractivity contribution is 0.103. The maximum absolute atomic E-state index is 13.8. The normalized spacial score (nSPS) is 10.6. The van der Waals surface area contributed by atoms with E-state index < -0.39 is 11.6 Å². The number of hydrogen-bond donors (Lipinski definition) is 0. The first kappa shape index (κ1) is 11.9. The van der Waals surface area contributed by atoms with Gasteiger partial charge in [-0.25, -0.2) is 4.39 Å². The number of ketones is 1. The lowest BCUT2D eigenvalue weighted by atomic mass is 9.98. The monoisotopic (exact) mass is 252 g/mol. The molecule has 1 heterocycles. The minimum absolute atomic E-state index is 0.0191. The number of furan rings is 1.